The summed E-state index contributed by atoms with van der Waals surface area (Å²) in [5.74, 6) is -3.17. The third-order valence-corrected chi connectivity index (χ3v) is 2.48. The van der Waals surface area contributed by atoms with E-state index < -0.39 is 25.8 Å². The van der Waals surface area contributed by atoms with Crippen LogP contribution in [0.15, 0.2) is 12.7 Å². The van der Waals surface area contributed by atoms with Gasteiger partial charge in [-0.2, -0.15) is 0 Å². The van der Waals surface area contributed by atoms with E-state index in [9.17, 15) is 14.2 Å². The van der Waals surface area contributed by atoms with Crippen LogP contribution in [-0.4, -0.2) is 31.0 Å². The normalized spacial score (nSPS) is 12.5. The first-order chi connectivity index (χ1) is 7.52. The summed E-state index contributed by atoms with van der Waals surface area (Å²) in [6, 6.07) is 0. The summed E-state index contributed by atoms with van der Waals surface area (Å²) in [6.45, 7) is 6.14. The van der Waals surface area contributed by atoms with E-state index in [0.29, 0.717) is 0 Å². The van der Waals surface area contributed by atoms with Crippen LogP contribution in [0.25, 0.3) is 0 Å². The second kappa shape index (κ2) is 7.96. The van der Waals surface area contributed by atoms with Crippen molar-refractivity contribution < 1.29 is 28.2 Å². The maximum Gasteiger partial charge on any atom is 0.566 e. The number of hydrogen-bond donors (Lipinski definition) is 0. The van der Waals surface area contributed by atoms with Gasteiger partial charge in [0.25, 0.3) is 0 Å². The Morgan fingerprint density at radius 3 is 2.56 bits per heavy atom. The van der Waals surface area contributed by atoms with E-state index in [-0.39, 0.29) is 13.2 Å². The maximum absolute atomic E-state index is 11.4. The predicted octanol–water partition coefficient (Wildman–Crippen LogP) is 1.38. The first-order valence-electron chi connectivity index (χ1n) is 4.57. The molecular weight excluding hydrogens is 235 g/mol. The molecule has 0 radical (unpaired) electrons. The van der Waals surface area contributed by atoms with E-state index in [1.807, 2.05) is 0 Å². The monoisotopic (exact) mass is 249 g/mol. The first-order valence-corrected chi connectivity index (χ1v) is 5.81. The average molecular weight is 249 g/mol. The third-order valence-electron chi connectivity index (χ3n) is 1.27. The van der Waals surface area contributed by atoms with E-state index in [0.717, 1.165) is 6.92 Å². The second-order valence-electron chi connectivity index (χ2n) is 2.58. The number of esters is 2. The molecule has 0 aromatic heterocycles. The van der Waals surface area contributed by atoms with E-state index in [1.54, 1.807) is 6.92 Å². The average Bonchev–Trinajstić information content (AvgIpc) is 2.22. The molecule has 90 valence electrons. The summed E-state index contributed by atoms with van der Waals surface area (Å²) in [7, 11) is -2.43. The van der Waals surface area contributed by atoms with Crippen molar-refractivity contribution in [2.24, 2.45) is 0 Å². The molecule has 0 aliphatic heterocycles. The number of carbonyl (C=O) groups is 2. The van der Waals surface area contributed by atoms with Gasteiger partial charge in [-0.25, -0.2) is 4.79 Å². The lowest BCUT2D eigenvalue weighted by atomic mass is 10.6. The SMILES string of the molecule is C=CCOC(=O)C(OC(C)=O)[P+](=O)OCC. The molecule has 16 heavy (non-hydrogen) atoms. The quantitative estimate of drug-likeness (QED) is 0.385. The lowest BCUT2D eigenvalue weighted by Crippen LogP contribution is -2.26. The smallest absolute Gasteiger partial charge is 0.455 e. The van der Waals surface area contributed by atoms with Gasteiger partial charge in [0.15, 0.2) is 0 Å². The van der Waals surface area contributed by atoms with Gasteiger partial charge in [0.2, 0.25) is 0 Å². The van der Waals surface area contributed by atoms with Crippen molar-refractivity contribution in [3.05, 3.63) is 12.7 Å². The molecule has 2 atom stereocenters. The Balaban J connectivity index is 4.51. The van der Waals surface area contributed by atoms with Gasteiger partial charge in [0.05, 0.1) is 6.61 Å². The van der Waals surface area contributed by atoms with Crippen LogP contribution in [0.1, 0.15) is 13.8 Å². The maximum atomic E-state index is 11.4. The van der Waals surface area contributed by atoms with Crippen LogP contribution < -0.4 is 0 Å². The molecule has 0 N–H and O–H groups in total. The minimum absolute atomic E-state index is 0.0497. The number of carbonyl (C=O) groups excluding carboxylic acids is 2. The molecule has 0 aromatic carbocycles. The molecule has 0 amide bonds. The molecule has 0 fully saturated rings. The van der Waals surface area contributed by atoms with E-state index in [2.05, 4.69) is 16.1 Å². The molecule has 0 saturated heterocycles. The Morgan fingerprint density at radius 2 is 2.12 bits per heavy atom. The van der Waals surface area contributed by atoms with E-state index >= 15 is 0 Å². The molecule has 6 nitrogen and oxygen atoms in total. The minimum Gasteiger partial charge on any atom is -0.455 e. The summed E-state index contributed by atoms with van der Waals surface area (Å²) in [5.41, 5.74) is 0. The number of hydrogen-bond acceptors (Lipinski definition) is 6. The summed E-state index contributed by atoms with van der Waals surface area (Å²) in [5, 5.41) is 0. The van der Waals surface area contributed by atoms with Crippen molar-refractivity contribution in [1.82, 2.24) is 0 Å². The Kier molecular flexibility index (Phi) is 7.33. The van der Waals surface area contributed by atoms with Crippen molar-refractivity contribution in [2.75, 3.05) is 13.2 Å². The lowest BCUT2D eigenvalue weighted by molar-refractivity contribution is -0.160. The first kappa shape index (κ1) is 14.7. The van der Waals surface area contributed by atoms with Crippen LogP contribution in [0.2, 0.25) is 0 Å². The Labute approximate surface area is 94.4 Å². The standard InChI is InChI=1S/C9H14O6P/c1-4-6-13-8(11)9(15-7(3)10)16(12)14-5-2/h4,9H,1,5-6H2,2-3H3/q+1. The van der Waals surface area contributed by atoms with Crippen LogP contribution in [0, 0.1) is 0 Å². The highest BCUT2D eigenvalue weighted by molar-refractivity contribution is 7.41. The molecule has 0 aliphatic rings. The van der Waals surface area contributed by atoms with Gasteiger partial charge in [0, 0.05) is 6.92 Å². The highest BCUT2D eigenvalue weighted by Gasteiger charge is 2.44. The Morgan fingerprint density at radius 1 is 1.50 bits per heavy atom. The topological polar surface area (TPSA) is 78.9 Å². The van der Waals surface area contributed by atoms with Crippen LogP contribution >= 0.6 is 8.03 Å². The summed E-state index contributed by atoms with van der Waals surface area (Å²) in [6.07, 6.45) is 1.34. The summed E-state index contributed by atoms with van der Waals surface area (Å²) >= 11 is 0. The van der Waals surface area contributed by atoms with E-state index in [4.69, 9.17) is 4.52 Å². The van der Waals surface area contributed by atoms with Crippen molar-refractivity contribution in [1.29, 1.82) is 0 Å². The van der Waals surface area contributed by atoms with Crippen molar-refractivity contribution in [3.63, 3.8) is 0 Å². The molecule has 0 heterocycles. The van der Waals surface area contributed by atoms with Crippen LogP contribution in [-0.2, 0) is 28.2 Å². The van der Waals surface area contributed by atoms with Gasteiger partial charge in [-0.05, 0) is 11.5 Å². The van der Waals surface area contributed by atoms with Gasteiger partial charge >= 0.3 is 25.8 Å². The predicted molar refractivity (Wildman–Crippen MR) is 55.9 cm³/mol. The highest BCUT2D eigenvalue weighted by atomic mass is 31.1. The molecule has 0 rings (SSSR count). The second-order valence-corrected chi connectivity index (χ2v) is 3.88. The van der Waals surface area contributed by atoms with E-state index in [1.165, 1.54) is 6.08 Å². The fourth-order valence-corrected chi connectivity index (χ4v) is 1.61. The van der Waals surface area contributed by atoms with Crippen molar-refractivity contribution >= 4 is 20.0 Å². The zero-order valence-electron chi connectivity index (χ0n) is 9.17. The van der Waals surface area contributed by atoms with Crippen LogP contribution in [0.4, 0.5) is 0 Å². The zero-order chi connectivity index (χ0) is 12.6. The molecular formula is C9H14O6P+. The Hall–Kier alpha value is -1.26. The lowest BCUT2D eigenvalue weighted by Gasteiger charge is -2.05. The summed E-state index contributed by atoms with van der Waals surface area (Å²) in [4.78, 5) is 22.0. The largest absolute Gasteiger partial charge is 0.566 e. The molecule has 0 bridgehead atoms. The van der Waals surface area contributed by atoms with Gasteiger partial charge < -0.3 is 9.47 Å². The fraction of sp³-hybridized carbons (Fsp3) is 0.556. The molecule has 0 aliphatic carbocycles. The number of ether oxygens (including phenoxy) is 2. The zero-order valence-corrected chi connectivity index (χ0v) is 10.1. The van der Waals surface area contributed by atoms with Crippen molar-refractivity contribution in [2.45, 2.75) is 19.7 Å². The van der Waals surface area contributed by atoms with Gasteiger partial charge in [-0.3, -0.25) is 4.79 Å². The van der Waals surface area contributed by atoms with Crippen LogP contribution in [0.5, 0.6) is 0 Å². The minimum atomic E-state index is -2.43. The van der Waals surface area contributed by atoms with Crippen molar-refractivity contribution in [3.8, 4) is 0 Å². The molecule has 0 saturated carbocycles. The molecule has 7 heteroatoms. The summed E-state index contributed by atoms with van der Waals surface area (Å²) < 4.78 is 25.3. The molecule has 2 unspecified atom stereocenters. The third kappa shape index (κ3) is 5.58. The number of rotatable bonds is 7. The van der Waals surface area contributed by atoms with Gasteiger partial charge in [-0.15, -0.1) is 4.52 Å². The molecule has 0 spiro atoms. The molecule has 0 aromatic rings. The highest BCUT2D eigenvalue weighted by Crippen LogP contribution is 2.31. The fourth-order valence-electron chi connectivity index (χ4n) is 0.742. The van der Waals surface area contributed by atoms with Gasteiger partial charge in [0.1, 0.15) is 6.61 Å². The Bertz CT molecular complexity index is 288. The van der Waals surface area contributed by atoms with Crippen LogP contribution in [0.3, 0.4) is 0 Å². The van der Waals surface area contributed by atoms with Gasteiger partial charge in [-0.1, -0.05) is 12.7 Å².